The van der Waals surface area contributed by atoms with Crippen molar-refractivity contribution < 1.29 is 0 Å². The van der Waals surface area contributed by atoms with Crippen LogP contribution in [0.2, 0.25) is 0 Å². The van der Waals surface area contributed by atoms with Gasteiger partial charge in [-0.3, -0.25) is 0 Å². The van der Waals surface area contributed by atoms with E-state index in [-0.39, 0.29) is 0 Å². The maximum atomic E-state index is 5.49. The highest BCUT2D eigenvalue weighted by Gasteiger charge is 2.09. The summed E-state index contributed by atoms with van der Waals surface area (Å²) in [6.07, 6.45) is 2.28. The summed E-state index contributed by atoms with van der Waals surface area (Å²) in [5.41, 5.74) is 6.47. The number of fused-ring (bicyclic) bond motifs is 1. The van der Waals surface area contributed by atoms with Crippen molar-refractivity contribution in [3.05, 3.63) is 17.8 Å². The highest BCUT2D eigenvalue weighted by molar-refractivity contribution is 7.80. The molecule has 2 rings (SSSR count). The molecular formula is C10H12N4S2. The van der Waals surface area contributed by atoms with E-state index < -0.39 is 0 Å². The van der Waals surface area contributed by atoms with Crippen molar-refractivity contribution in [1.29, 1.82) is 0 Å². The van der Waals surface area contributed by atoms with Crippen LogP contribution < -0.4 is 10.6 Å². The minimum absolute atomic E-state index is 0.531. The van der Waals surface area contributed by atoms with Crippen molar-refractivity contribution in [3.8, 4) is 0 Å². The molecule has 0 bridgehead atoms. The van der Waals surface area contributed by atoms with Gasteiger partial charge in [-0.25, -0.2) is 9.97 Å². The first-order valence-electron chi connectivity index (χ1n) is 4.86. The average molecular weight is 252 g/mol. The number of thiophene rings is 1. The van der Waals surface area contributed by atoms with Crippen molar-refractivity contribution in [2.45, 2.75) is 6.42 Å². The Hall–Kier alpha value is -1.27. The molecule has 16 heavy (non-hydrogen) atoms. The second-order valence-electron chi connectivity index (χ2n) is 3.47. The molecule has 2 N–H and O–H groups in total. The van der Waals surface area contributed by atoms with E-state index in [0.29, 0.717) is 11.4 Å². The van der Waals surface area contributed by atoms with Gasteiger partial charge < -0.3 is 10.6 Å². The molecule has 0 aliphatic heterocycles. The lowest BCUT2D eigenvalue weighted by molar-refractivity contribution is 0.902. The molecule has 2 aromatic rings. The van der Waals surface area contributed by atoms with Gasteiger partial charge in [0.1, 0.15) is 12.1 Å². The van der Waals surface area contributed by atoms with Crippen LogP contribution in [-0.2, 0) is 0 Å². The first-order chi connectivity index (χ1) is 7.68. The molecule has 0 atom stereocenters. The molecule has 0 aliphatic carbocycles. The van der Waals surface area contributed by atoms with Gasteiger partial charge in [0.05, 0.1) is 15.2 Å². The Bertz CT molecular complexity index is 508. The number of nitrogens with zero attached hydrogens (tertiary/aromatic N) is 3. The number of hydrogen-bond donors (Lipinski definition) is 1. The topological polar surface area (TPSA) is 55.0 Å². The molecule has 0 saturated heterocycles. The normalized spacial score (nSPS) is 10.6. The molecule has 6 heteroatoms. The van der Waals surface area contributed by atoms with Crippen molar-refractivity contribution in [1.82, 2.24) is 9.97 Å². The van der Waals surface area contributed by atoms with Gasteiger partial charge in [-0.2, -0.15) is 0 Å². The van der Waals surface area contributed by atoms with Crippen LogP contribution in [0.3, 0.4) is 0 Å². The van der Waals surface area contributed by atoms with Crippen LogP contribution in [0.5, 0.6) is 0 Å². The zero-order valence-electron chi connectivity index (χ0n) is 8.88. The van der Waals surface area contributed by atoms with Crippen molar-refractivity contribution in [3.63, 3.8) is 0 Å². The molecule has 0 aromatic carbocycles. The lowest BCUT2D eigenvalue weighted by Gasteiger charge is -2.17. The predicted molar refractivity (Wildman–Crippen MR) is 72.1 cm³/mol. The standard InChI is InChI=1S/C10H12N4S2/c1-14(4-2-8(11)15)10-9-7(3-5-16-9)12-6-13-10/h3,5-6H,2,4H2,1H3,(H2,11,15). The third-order valence-electron chi connectivity index (χ3n) is 2.28. The molecule has 2 heterocycles. The van der Waals surface area contributed by atoms with E-state index in [1.165, 1.54) is 0 Å². The summed E-state index contributed by atoms with van der Waals surface area (Å²) < 4.78 is 1.10. The zero-order chi connectivity index (χ0) is 11.5. The molecule has 0 aliphatic rings. The predicted octanol–water partition coefficient (Wildman–Crippen LogP) is 1.80. The number of nitrogens with two attached hydrogens (primary N) is 1. The summed E-state index contributed by atoms with van der Waals surface area (Å²) >= 11 is 6.51. The van der Waals surface area contributed by atoms with E-state index in [2.05, 4.69) is 14.9 Å². The molecular weight excluding hydrogens is 240 g/mol. The molecule has 0 saturated carbocycles. The number of rotatable bonds is 4. The first kappa shape index (κ1) is 11.2. The fraction of sp³-hybridized carbons (Fsp3) is 0.300. The molecule has 0 fully saturated rings. The minimum Gasteiger partial charge on any atom is -0.393 e. The summed E-state index contributed by atoms with van der Waals surface area (Å²) in [5, 5.41) is 2.02. The van der Waals surface area contributed by atoms with E-state index in [9.17, 15) is 0 Å². The van der Waals surface area contributed by atoms with E-state index in [1.54, 1.807) is 17.7 Å². The Balaban J connectivity index is 2.25. The third kappa shape index (κ3) is 2.28. The van der Waals surface area contributed by atoms with Gasteiger partial charge in [0.25, 0.3) is 0 Å². The number of thiocarbonyl (C=S) groups is 1. The number of hydrogen-bond acceptors (Lipinski definition) is 5. The summed E-state index contributed by atoms with van der Waals surface area (Å²) in [4.78, 5) is 11.1. The van der Waals surface area contributed by atoms with Crippen molar-refractivity contribution in [2.24, 2.45) is 5.73 Å². The quantitative estimate of drug-likeness (QED) is 0.841. The molecule has 2 aromatic heterocycles. The van der Waals surface area contributed by atoms with Crippen LogP contribution >= 0.6 is 23.6 Å². The maximum absolute atomic E-state index is 5.49. The van der Waals surface area contributed by atoms with Gasteiger partial charge in [0.15, 0.2) is 0 Å². The van der Waals surface area contributed by atoms with Gasteiger partial charge in [-0.15, -0.1) is 11.3 Å². The SMILES string of the molecule is CN(CCC(N)=S)c1ncnc2ccsc12. The Morgan fingerprint density at radius 3 is 3.12 bits per heavy atom. The molecule has 0 unspecified atom stereocenters. The van der Waals surface area contributed by atoms with Crippen LogP contribution in [0, 0.1) is 0 Å². The monoisotopic (exact) mass is 252 g/mol. The molecule has 4 nitrogen and oxygen atoms in total. The molecule has 0 radical (unpaired) electrons. The van der Waals surface area contributed by atoms with Gasteiger partial charge in [-0.1, -0.05) is 12.2 Å². The van der Waals surface area contributed by atoms with E-state index >= 15 is 0 Å². The lowest BCUT2D eigenvalue weighted by Crippen LogP contribution is -2.24. The third-order valence-corrected chi connectivity index (χ3v) is 3.38. The smallest absolute Gasteiger partial charge is 0.149 e. The van der Waals surface area contributed by atoms with Crippen LogP contribution in [0.15, 0.2) is 17.8 Å². The lowest BCUT2D eigenvalue weighted by atomic mass is 10.3. The van der Waals surface area contributed by atoms with E-state index in [1.807, 2.05) is 18.5 Å². The fourth-order valence-corrected chi connectivity index (χ4v) is 2.41. The summed E-state index contributed by atoms with van der Waals surface area (Å²) in [7, 11) is 1.99. The van der Waals surface area contributed by atoms with Gasteiger partial charge >= 0.3 is 0 Å². The Morgan fingerprint density at radius 2 is 2.38 bits per heavy atom. The van der Waals surface area contributed by atoms with Gasteiger partial charge in [-0.05, 0) is 11.4 Å². The Kier molecular flexibility index (Phi) is 3.31. The fourth-order valence-electron chi connectivity index (χ4n) is 1.43. The van der Waals surface area contributed by atoms with E-state index in [0.717, 1.165) is 22.6 Å². The van der Waals surface area contributed by atoms with Crippen LogP contribution in [0.4, 0.5) is 5.82 Å². The van der Waals surface area contributed by atoms with Crippen LogP contribution in [0.25, 0.3) is 10.2 Å². The molecule has 84 valence electrons. The average Bonchev–Trinajstić information content (AvgIpc) is 2.73. The number of anilines is 1. The highest BCUT2D eigenvalue weighted by atomic mass is 32.1. The van der Waals surface area contributed by atoms with Crippen LogP contribution in [0.1, 0.15) is 6.42 Å². The van der Waals surface area contributed by atoms with E-state index in [4.69, 9.17) is 18.0 Å². The summed E-state index contributed by atoms with van der Waals surface area (Å²) in [6, 6.07) is 1.99. The van der Waals surface area contributed by atoms with Crippen molar-refractivity contribution in [2.75, 3.05) is 18.5 Å². The Labute approximate surface area is 103 Å². The van der Waals surface area contributed by atoms with Gasteiger partial charge in [0.2, 0.25) is 0 Å². The largest absolute Gasteiger partial charge is 0.393 e. The number of aromatic nitrogens is 2. The first-order valence-corrected chi connectivity index (χ1v) is 6.15. The summed E-state index contributed by atoms with van der Waals surface area (Å²) in [5.74, 6) is 0.941. The van der Waals surface area contributed by atoms with Crippen molar-refractivity contribution >= 4 is 44.6 Å². The molecule has 0 spiro atoms. The maximum Gasteiger partial charge on any atom is 0.149 e. The molecule has 0 amide bonds. The highest BCUT2D eigenvalue weighted by Crippen LogP contribution is 2.26. The minimum atomic E-state index is 0.531. The van der Waals surface area contributed by atoms with Gasteiger partial charge in [0, 0.05) is 20.0 Å². The summed E-state index contributed by atoms with van der Waals surface area (Å²) in [6.45, 7) is 0.777. The Morgan fingerprint density at radius 1 is 1.56 bits per heavy atom. The second kappa shape index (κ2) is 4.71. The zero-order valence-corrected chi connectivity index (χ0v) is 10.5. The second-order valence-corrected chi connectivity index (χ2v) is 4.91. The van der Waals surface area contributed by atoms with Crippen LogP contribution in [-0.4, -0.2) is 28.5 Å².